The van der Waals surface area contributed by atoms with Crippen LogP contribution in [0.5, 0.6) is 0 Å². The van der Waals surface area contributed by atoms with E-state index in [2.05, 4.69) is 63.3 Å². The first-order valence-corrected chi connectivity index (χ1v) is 6.95. The van der Waals surface area contributed by atoms with Gasteiger partial charge in [0.15, 0.2) is 0 Å². The average Bonchev–Trinajstić information content (AvgIpc) is 2.33. The van der Waals surface area contributed by atoms with Crippen molar-refractivity contribution < 1.29 is 4.74 Å². The summed E-state index contributed by atoms with van der Waals surface area (Å²) in [6.07, 6.45) is 2.21. The van der Waals surface area contributed by atoms with Crippen LogP contribution in [0.3, 0.4) is 0 Å². The maximum Gasteiger partial charge on any atom is 0.0598 e. The molecule has 1 unspecified atom stereocenters. The van der Waals surface area contributed by atoms with Gasteiger partial charge in [-0.25, -0.2) is 0 Å². The van der Waals surface area contributed by atoms with Crippen molar-refractivity contribution >= 4 is 0 Å². The van der Waals surface area contributed by atoms with Crippen molar-refractivity contribution in [2.75, 3.05) is 13.2 Å². The standard InChI is InChI=1S/C16H27NO/c1-5-17-15(14-10-7-6-8-11-14)12-9-13-18-16(2,3)4/h6-8,10-11,15,17H,5,9,12-13H2,1-4H3. The SMILES string of the molecule is CCNC(CCCOC(C)(C)C)c1ccccc1. The largest absolute Gasteiger partial charge is 0.376 e. The van der Waals surface area contributed by atoms with Crippen LogP contribution in [0.2, 0.25) is 0 Å². The van der Waals surface area contributed by atoms with Crippen molar-refractivity contribution in [3.8, 4) is 0 Å². The zero-order valence-electron chi connectivity index (χ0n) is 12.2. The van der Waals surface area contributed by atoms with Crippen LogP contribution >= 0.6 is 0 Å². The fraction of sp³-hybridized carbons (Fsp3) is 0.625. The normalized spacial score (nSPS) is 13.6. The van der Waals surface area contributed by atoms with E-state index in [4.69, 9.17) is 4.74 Å². The molecule has 18 heavy (non-hydrogen) atoms. The van der Waals surface area contributed by atoms with Gasteiger partial charge in [-0.05, 0) is 45.7 Å². The first-order chi connectivity index (χ1) is 8.53. The molecular weight excluding hydrogens is 222 g/mol. The number of rotatable bonds is 7. The molecule has 0 bridgehead atoms. The molecule has 0 aromatic heterocycles. The first-order valence-electron chi connectivity index (χ1n) is 6.95. The zero-order chi connectivity index (χ0) is 13.4. The molecule has 2 heteroatoms. The predicted octanol–water partition coefficient (Wildman–Crippen LogP) is 3.93. The molecular formula is C16H27NO. The molecule has 0 aliphatic rings. The number of hydrogen-bond acceptors (Lipinski definition) is 2. The highest BCUT2D eigenvalue weighted by molar-refractivity contribution is 5.18. The van der Waals surface area contributed by atoms with Gasteiger partial charge in [-0.2, -0.15) is 0 Å². The molecule has 1 atom stereocenters. The van der Waals surface area contributed by atoms with Crippen molar-refractivity contribution in [1.82, 2.24) is 5.32 Å². The molecule has 0 aliphatic carbocycles. The van der Waals surface area contributed by atoms with Gasteiger partial charge in [0, 0.05) is 12.6 Å². The van der Waals surface area contributed by atoms with Crippen LogP contribution in [0.4, 0.5) is 0 Å². The van der Waals surface area contributed by atoms with Gasteiger partial charge in [-0.15, -0.1) is 0 Å². The minimum atomic E-state index is -0.0274. The van der Waals surface area contributed by atoms with Gasteiger partial charge in [-0.3, -0.25) is 0 Å². The Kier molecular flexibility index (Phi) is 6.37. The first kappa shape index (κ1) is 15.2. The van der Waals surface area contributed by atoms with Crippen molar-refractivity contribution in [2.45, 2.75) is 52.2 Å². The highest BCUT2D eigenvalue weighted by Gasteiger charge is 2.12. The Morgan fingerprint density at radius 1 is 1.17 bits per heavy atom. The van der Waals surface area contributed by atoms with Crippen molar-refractivity contribution in [2.24, 2.45) is 0 Å². The molecule has 0 saturated heterocycles. The van der Waals surface area contributed by atoms with E-state index in [1.54, 1.807) is 0 Å². The molecule has 102 valence electrons. The second-order valence-electron chi connectivity index (χ2n) is 5.62. The van der Waals surface area contributed by atoms with Crippen LogP contribution in [0.15, 0.2) is 30.3 Å². The molecule has 0 spiro atoms. The summed E-state index contributed by atoms with van der Waals surface area (Å²) in [5.74, 6) is 0. The van der Waals surface area contributed by atoms with Crippen molar-refractivity contribution in [3.05, 3.63) is 35.9 Å². The third-order valence-electron chi connectivity index (χ3n) is 2.82. The molecule has 1 N–H and O–H groups in total. The van der Waals surface area contributed by atoms with E-state index >= 15 is 0 Å². The third kappa shape index (κ3) is 6.18. The Morgan fingerprint density at radius 2 is 1.83 bits per heavy atom. The van der Waals surface area contributed by atoms with E-state index in [9.17, 15) is 0 Å². The lowest BCUT2D eigenvalue weighted by Crippen LogP contribution is -2.23. The molecule has 2 nitrogen and oxygen atoms in total. The Bertz CT molecular complexity index is 316. The van der Waals surface area contributed by atoms with Gasteiger partial charge >= 0.3 is 0 Å². The van der Waals surface area contributed by atoms with Crippen LogP contribution < -0.4 is 5.32 Å². The third-order valence-corrected chi connectivity index (χ3v) is 2.82. The van der Waals surface area contributed by atoms with E-state index in [1.807, 2.05) is 0 Å². The summed E-state index contributed by atoms with van der Waals surface area (Å²) in [6.45, 7) is 10.3. The summed E-state index contributed by atoms with van der Waals surface area (Å²) in [5.41, 5.74) is 1.34. The monoisotopic (exact) mass is 249 g/mol. The van der Waals surface area contributed by atoms with Gasteiger partial charge in [0.2, 0.25) is 0 Å². The predicted molar refractivity (Wildman–Crippen MR) is 77.8 cm³/mol. The number of benzene rings is 1. The summed E-state index contributed by atoms with van der Waals surface area (Å²) < 4.78 is 5.77. The second-order valence-corrected chi connectivity index (χ2v) is 5.62. The molecule has 0 fully saturated rings. The van der Waals surface area contributed by atoms with E-state index in [-0.39, 0.29) is 5.60 Å². The fourth-order valence-electron chi connectivity index (χ4n) is 1.98. The van der Waals surface area contributed by atoms with Crippen LogP contribution in [-0.2, 0) is 4.74 Å². The van der Waals surface area contributed by atoms with Crippen molar-refractivity contribution in [1.29, 1.82) is 0 Å². The average molecular weight is 249 g/mol. The minimum absolute atomic E-state index is 0.0274. The highest BCUT2D eigenvalue weighted by atomic mass is 16.5. The molecule has 0 saturated carbocycles. The molecule has 0 heterocycles. The number of nitrogens with one attached hydrogen (secondary N) is 1. The Morgan fingerprint density at radius 3 is 2.39 bits per heavy atom. The summed E-state index contributed by atoms with van der Waals surface area (Å²) in [5, 5.41) is 3.54. The van der Waals surface area contributed by atoms with Gasteiger partial charge in [0.05, 0.1) is 5.60 Å². The minimum Gasteiger partial charge on any atom is -0.376 e. The zero-order valence-corrected chi connectivity index (χ0v) is 12.2. The Balaban J connectivity index is 2.40. The Labute approximate surface area is 112 Å². The van der Waals surface area contributed by atoms with Crippen LogP contribution in [0.1, 0.15) is 52.1 Å². The van der Waals surface area contributed by atoms with Crippen LogP contribution in [0.25, 0.3) is 0 Å². The Hall–Kier alpha value is -0.860. The maximum atomic E-state index is 5.77. The van der Waals surface area contributed by atoms with Gasteiger partial charge in [0.1, 0.15) is 0 Å². The topological polar surface area (TPSA) is 21.3 Å². The summed E-state index contributed by atoms with van der Waals surface area (Å²) >= 11 is 0. The molecule has 0 aliphatic heterocycles. The lowest BCUT2D eigenvalue weighted by Gasteiger charge is -2.22. The maximum absolute atomic E-state index is 5.77. The van der Waals surface area contributed by atoms with E-state index in [0.717, 1.165) is 26.0 Å². The molecule has 0 radical (unpaired) electrons. The van der Waals surface area contributed by atoms with Gasteiger partial charge in [-0.1, -0.05) is 37.3 Å². The quantitative estimate of drug-likeness (QED) is 0.739. The van der Waals surface area contributed by atoms with E-state index in [0.29, 0.717) is 6.04 Å². The molecule has 0 amide bonds. The highest BCUT2D eigenvalue weighted by Crippen LogP contribution is 2.18. The lowest BCUT2D eigenvalue weighted by atomic mass is 10.0. The fourth-order valence-corrected chi connectivity index (χ4v) is 1.98. The number of ether oxygens (including phenoxy) is 1. The smallest absolute Gasteiger partial charge is 0.0598 e. The van der Waals surface area contributed by atoms with Crippen molar-refractivity contribution in [3.63, 3.8) is 0 Å². The van der Waals surface area contributed by atoms with Gasteiger partial charge < -0.3 is 10.1 Å². The lowest BCUT2D eigenvalue weighted by molar-refractivity contribution is -0.00538. The molecule has 1 aromatic carbocycles. The summed E-state index contributed by atoms with van der Waals surface area (Å²) in [6, 6.07) is 11.1. The summed E-state index contributed by atoms with van der Waals surface area (Å²) in [7, 11) is 0. The van der Waals surface area contributed by atoms with E-state index < -0.39 is 0 Å². The molecule has 1 aromatic rings. The summed E-state index contributed by atoms with van der Waals surface area (Å²) in [4.78, 5) is 0. The second kappa shape index (κ2) is 7.55. The number of hydrogen-bond donors (Lipinski definition) is 1. The van der Waals surface area contributed by atoms with Crippen LogP contribution in [0, 0.1) is 0 Å². The molecule has 1 rings (SSSR count). The van der Waals surface area contributed by atoms with E-state index in [1.165, 1.54) is 5.56 Å². The van der Waals surface area contributed by atoms with Gasteiger partial charge in [0.25, 0.3) is 0 Å². The van der Waals surface area contributed by atoms with Crippen LogP contribution in [-0.4, -0.2) is 18.8 Å².